The van der Waals surface area contributed by atoms with Gasteiger partial charge in [-0.25, -0.2) is 14.4 Å². The molecule has 0 heterocycles. The van der Waals surface area contributed by atoms with Gasteiger partial charge in [0.2, 0.25) is 0 Å². The van der Waals surface area contributed by atoms with E-state index in [0.29, 0.717) is 16.9 Å². The molecule has 0 saturated heterocycles. The lowest BCUT2D eigenvalue weighted by molar-refractivity contribution is -0.158. The van der Waals surface area contributed by atoms with E-state index in [4.69, 9.17) is 19.3 Å². The molecular weight excluding hydrogens is 400 g/mol. The van der Waals surface area contributed by atoms with E-state index in [1.807, 2.05) is 50.3 Å². The number of hydrogen-bond donors (Lipinski definition) is 1. The van der Waals surface area contributed by atoms with E-state index in [1.54, 1.807) is 18.2 Å². The number of rotatable bonds is 7. The maximum absolute atomic E-state index is 12.7. The molecular formula is C24H24O7. The Morgan fingerprint density at radius 1 is 1.03 bits per heavy atom. The molecule has 2 aromatic rings. The summed E-state index contributed by atoms with van der Waals surface area (Å²) in [5, 5.41) is 9.04. The van der Waals surface area contributed by atoms with Gasteiger partial charge < -0.3 is 19.3 Å². The maximum Gasteiger partial charge on any atom is 0.422 e. The molecule has 0 spiro atoms. The van der Waals surface area contributed by atoms with Gasteiger partial charge in [-0.2, -0.15) is 0 Å². The largest absolute Gasteiger partial charge is 0.496 e. The van der Waals surface area contributed by atoms with Gasteiger partial charge in [-0.3, -0.25) is 0 Å². The second-order valence-corrected chi connectivity index (χ2v) is 6.77. The Morgan fingerprint density at radius 2 is 1.71 bits per heavy atom. The highest BCUT2D eigenvalue weighted by atomic mass is 16.6. The van der Waals surface area contributed by atoms with E-state index in [2.05, 4.69) is 0 Å². The van der Waals surface area contributed by atoms with E-state index in [1.165, 1.54) is 14.2 Å². The van der Waals surface area contributed by atoms with Crippen molar-refractivity contribution in [2.24, 2.45) is 0 Å². The van der Waals surface area contributed by atoms with Crippen LogP contribution in [0.25, 0.3) is 12.2 Å². The minimum atomic E-state index is -1.78. The second-order valence-electron chi connectivity index (χ2n) is 6.77. The molecule has 0 aliphatic heterocycles. The summed E-state index contributed by atoms with van der Waals surface area (Å²) in [4.78, 5) is 35.7. The number of benzene rings is 2. The lowest BCUT2D eigenvalue weighted by atomic mass is 9.97. The van der Waals surface area contributed by atoms with E-state index in [-0.39, 0.29) is 17.7 Å². The van der Waals surface area contributed by atoms with Gasteiger partial charge in [0.05, 0.1) is 14.2 Å². The van der Waals surface area contributed by atoms with Crippen LogP contribution in [-0.4, -0.2) is 37.2 Å². The maximum atomic E-state index is 12.7. The molecule has 31 heavy (non-hydrogen) atoms. The molecule has 1 N–H and O–H groups in total. The molecule has 7 heteroatoms. The summed E-state index contributed by atoms with van der Waals surface area (Å²) in [7, 11) is 2.63. The normalized spacial score (nSPS) is 10.5. The third-order valence-electron chi connectivity index (χ3n) is 4.32. The number of ether oxygens (including phenoxy) is 3. The quantitative estimate of drug-likeness (QED) is 0.234. The number of esters is 2. The lowest BCUT2D eigenvalue weighted by Crippen LogP contribution is -2.22. The minimum absolute atomic E-state index is 0.0674. The van der Waals surface area contributed by atoms with Crippen LogP contribution in [0.3, 0.4) is 0 Å². The molecule has 0 unspecified atom stereocenters. The van der Waals surface area contributed by atoms with Gasteiger partial charge in [0.1, 0.15) is 11.3 Å². The Morgan fingerprint density at radius 3 is 2.26 bits per heavy atom. The average molecular weight is 424 g/mol. The van der Waals surface area contributed by atoms with Crippen molar-refractivity contribution in [2.45, 2.75) is 20.3 Å². The third-order valence-corrected chi connectivity index (χ3v) is 4.32. The molecule has 0 aromatic heterocycles. The molecule has 0 fully saturated rings. The first-order chi connectivity index (χ1) is 14.8. The number of hydrogen-bond acceptors (Lipinski definition) is 6. The summed E-state index contributed by atoms with van der Waals surface area (Å²) in [6, 6.07) is 11.0. The third kappa shape index (κ3) is 6.05. The number of carbonyl (C=O) groups excluding carboxylic acids is 2. The van der Waals surface area contributed by atoms with Gasteiger partial charge in [0, 0.05) is 5.56 Å². The lowest BCUT2D eigenvalue weighted by Gasteiger charge is -2.18. The van der Waals surface area contributed by atoms with Gasteiger partial charge in [-0.15, -0.1) is 0 Å². The molecule has 0 radical (unpaired) electrons. The molecule has 2 rings (SSSR count). The highest BCUT2D eigenvalue weighted by Gasteiger charge is 2.28. The van der Waals surface area contributed by atoms with Crippen LogP contribution in [0, 0.1) is 0 Å². The van der Waals surface area contributed by atoms with Crippen molar-refractivity contribution in [2.75, 3.05) is 14.2 Å². The van der Waals surface area contributed by atoms with Gasteiger partial charge in [-0.05, 0) is 37.5 Å². The van der Waals surface area contributed by atoms with Crippen molar-refractivity contribution in [3.63, 3.8) is 0 Å². The van der Waals surface area contributed by atoms with Crippen LogP contribution in [-0.2, 0) is 20.7 Å². The number of carbonyl (C=O) groups is 3. The van der Waals surface area contributed by atoms with Gasteiger partial charge in [-0.1, -0.05) is 54.1 Å². The van der Waals surface area contributed by atoms with Crippen LogP contribution in [0.2, 0.25) is 0 Å². The highest BCUT2D eigenvalue weighted by Crippen LogP contribution is 2.38. The monoisotopic (exact) mass is 424 g/mol. The van der Waals surface area contributed by atoms with Gasteiger partial charge in [0.25, 0.3) is 0 Å². The molecule has 0 aliphatic rings. The zero-order chi connectivity index (χ0) is 23.0. The Hall–Kier alpha value is -3.87. The summed E-state index contributed by atoms with van der Waals surface area (Å²) in [6.45, 7) is 3.77. The van der Waals surface area contributed by atoms with E-state index in [9.17, 15) is 14.4 Å². The summed E-state index contributed by atoms with van der Waals surface area (Å²) in [5.74, 6) is -3.94. The standard InChI is InChI=1S/C24H24O7/c1-15(2)10-13-18-19(29-3)14-17(12-11-16-8-6-5-7-9-16)20(23(27)30-4)21(18)31-24(28)22(25)26/h5-12,14H,13H2,1-4H3,(H,25,26)/b12-11+. The number of allylic oxidation sites excluding steroid dienone is 2. The zero-order valence-corrected chi connectivity index (χ0v) is 17.8. The van der Waals surface area contributed by atoms with Crippen LogP contribution in [0.1, 0.15) is 40.9 Å². The first-order valence-corrected chi connectivity index (χ1v) is 9.42. The van der Waals surface area contributed by atoms with Gasteiger partial charge >= 0.3 is 17.9 Å². The fourth-order valence-electron chi connectivity index (χ4n) is 2.82. The fraction of sp³-hybridized carbons (Fsp3) is 0.208. The summed E-state index contributed by atoms with van der Waals surface area (Å²) >= 11 is 0. The van der Waals surface area contributed by atoms with Crippen LogP contribution in [0.4, 0.5) is 0 Å². The SMILES string of the molecule is COC(=O)c1c(/C=C/c2ccccc2)cc(OC)c(CC=C(C)C)c1OC(=O)C(=O)O. The average Bonchev–Trinajstić information content (AvgIpc) is 2.76. The van der Waals surface area contributed by atoms with Crippen LogP contribution in [0.5, 0.6) is 11.5 Å². The Bertz CT molecular complexity index is 1030. The molecule has 0 amide bonds. The Kier molecular flexibility index (Phi) is 8.14. The summed E-state index contributed by atoms with van der Waals surface area (Å²) in [6.07, 6.45) is 5.50. The molecule has 0 atom stereocenters. The highest BCUT2D eigenvalue weighted by molar-refractivity contribution is 6.29. The first-order valence-electron chi connectivity index (χ1n) is 9.42. The fourth-order valence-corrected chi connectivity index (χ4v) is 2.82. The van der Waals surface area contributed by atoms with E-state index >= 15 is 0 Å². The minimum Gasteiger partial charge on any atom is -0.496 e. The zero-order valence-electron chi connectivity index (χ0n) is 17.8. The second kappa shape index (κ2) is 10.8. The number of carboxylic acids is 1. The molecule has 162 valence electrons. The Labute approximate surface area is 180 Å². The first kappa shape index (κ1) is 23.4. The van der Waals surface area contributed by atoms with Crippen molar-refractivity contribution in [1.82, 2.24) is 0 Å². The van der Waals surface area contributed by atoms with Gasteiger partial charge in [0.15, 0.2) is 5.75 Å². The molecule has 0 bridgehead atoms. The number of aliphatic carboxylic acids is 1. The predicted molar refractivity (Wildman–Crippen MR) is 116 cm³/mol. The van der Waals surface area contributed by atoms with Crippen LogP contribution >= 0.6 is 0 Å². The van der Waals surface area contributed by atoms with E-state index < -0.39 is 17.9 Å². The molecule has 2 aromatic carbocycles. The smallest absolute Gasteiger partial charge is 0.422 e. The number of methoxy groups -OCH3 is 2. The summed E-state index contributed by atoms with van der Waals surface area (Å²) < 4.78 is 15.5. The van der Waals surface area contributed by atoms with Crippen molar-refractivity contribution in [3.8, 4) is 11.5 Å². The topological polar surface area (TPSA) is 99.1 Å². The number of carboxylic acid groups (broad SMARTS) is 1. The van der Waals surface area contributed by atoms with Crippen molar-refractivity contribution < 1.29 is 33.7 Å². The van der Waals surface area contributed by atoms with Crippen LogP contribution in [0.15, 0.2) is 48.0 Å². The van der Waals surface area contributed by atoms with E-state index in [0.717, 1.165) is 11.1 Å². The van der Waals surface area contributed by atoms with Crippen LogP contribution < -0.4 is 9.47 Å². The van der Waals surface area contributed by atoms with Crippen molar-refractivity contribution in [1.29, 1.82) is 0 Å². The Balaban J connectivity index is 2.78. The molecule has 0 aliphatic carbocycles. The molecule has 0 saturated carbocycles. The predicted octanol–water partition coefficient (Wildman–Crippen LogP) is 4.15. The van der Waals surface area contributed by atoms with Crippen molar-refractivity contribution >= 4 is 30.1 Å². The summed E-state index contributed by atoms with van der Waals surface area (Å²) in [5.41, 5.74) is 2.49. The van der Waals surface area contributed by atoms with Crippen molar-refractivity contribution in [3.05, 3.63) is 70.3 Å². The molecule has 7 nitrogen and oxygen atoms in total.